The number of benzene rings is 5. The smallest absolute Gasteiger partial charge is 0.179 e. The monoisotopic (exact) mass is 702 g/mol. The Hall–Kier alpha value is -6.54. The molecule has 0 radical (unpaired) electrons. The Morgan fingerprint density at radius 3 is 1.78 bits per heavy atom. The van der Waals surface area contributed by atoms with Crippen molar-refractivity contribution in [1.82, 2.24) is 19.9 Å². The van der Waals surface area contributed by atoms with Gasteiger partial charge in [-0.15, -0.1) is 0 Å². The van der Waals surface area contributed by atoms with Crippen molar-refractivity contribution in [1.29, 1.82) is 0 Å². The van der Waals surface area contributed by atoms with Crippen molar-refractivity contribution in [2.75, 3.05) is 19.6 Å². The van der Waals surface area contributed by atoms with Crippen molar-refractivity contribution in [2.45, 2.75) is 44.9 Å². The molecule has 0 saturated heterocycles. The second kappa shape index (κ2) is 11.2. The number of aromatic nitrogens is 4. The Morgan fingerprint density at radius 1 is 0.556 bits per heavy atom. The lowest BCUT2D eigenvalue weighted by Gasteiger charge is -2.43. The van der Waals surface area contributed by atoms with Gasteiger partial charge in [-0.1, -0.05) is 110 Å². The van der Waals surface area contributed by atoms with Crippen LogP contribution in [0, 0.1) is 5.41 Å². The zero-order valence-electron chi connectivity index (χ0n) is 30.4. The topological polar surface area (TPSA) is 64.5 Å². The summed E-state index contributed by atoms with van der Waals surface area (Å²) in [6.45, 7) is 7.12. The number of nitrogens with zero attached hydrogens (tertiary/aromatic N) is 8. The minimum atomic E-state index is -0.226. The van der Waals surface area contributed by atoms with E-state index < -0.39 is 0 Å². The third kappa shape index (κ3) is 4.02. The van der Waals surface area contributed by atoms with Crippen LogP contribution >= 0.6 is 0 Å². The lowest BCUT2D eigenvalue weighted by molar-refractivity contribution is 0.376. The molecule has 11 rings (SSSR count). The number of allylic oxidation sites excluding steroid dienone is 1. The van der Waals surface area contributed by atoms with E-state index in [9.17, 15) is 0 Å². The molecule has 0 amide bonds. The highest BCUT2D eigenvalue weighted by molar-refractivity contribution is 5.92. The molecule has 5 aromatic carbocycles. The van der Waals surface area contributed by atoms with Gasteiger partial charge in [-0.3, -0.25) is 0 Å². The number of anilines is 8. The van der Waals surface area contributed by atoms with Crippen LogP contribution in [-0.2, 0) is 11.8 Å². The predicted molar refractivity (Wildman–Crippen MR) is 216 cm³/mol. The minimum Gasteiger partial charge on any atom is -0.302 e. The van der Waals surface area contributed by atoms with Crippen LogP contribution in [0.2, 0.25) is 0 Å². The third-order valence-corrected chi connectivity index (χ3v) is 12.5. The molecule has 1 saturated carbocycles. The molecule has 4 atom stereocenters. The molecule has 262 valence electrons. The molecule has 7 aromatic rings. The predicted octanol–water partition coefficient (Wildman–Crippen LogP) is 10.1. The van der Waals surface area contributed by atoms with Gasteiger partial charge in [-0.2, -0.15) is 0 Å². The molecule has 2 aromatic heterocycles. The van der Waals surface area contributed by atoms with E-state index >= 15 is 0 Å². The van der Waals surface area contributed by atoms with Crippen molar-refractivity contribution in [2.24, 2.45) is 5.41 Å². The Kier molecular flexibility index (Phi) is 6.45. The third-order valence-electron chi connectivity index (χ3n) is 12.5. The van der Waals surface area contributed by atoms with Crippen molar-refractivity contribution in [3.8, 4) is 0 Å². The quantitative estimate of drug-likeness (QED) is 0.164. The fourth-order valence-electron chi connectivity index (χ4n) is 9.86. The summed E-state index contributed by atoms with van der Waals surface area (Å²) >= 11 is 0. The molecule has 4 aliphatic rings. The molecule has 3 aliphatic heterocycles. The summed E-state index contributed by atoms with van der Waals surface area (Å²) in [5.41, 5.74) is 9.92. The average molecular weight is 703 g/mol. The standard InChI is InChI=1S/C46H38N8/c1-30-51(32-17-6-4-7-18-32)42-43(50-36-23-13-12-22-35(36)49-42)52(30)37-24-14-10-16-31(37)26-27-39-45(2)34-21-11-15-25-38(34)54-41-40(47-28-29-48-41)53(44(54)46(39,45)3)33-19-8-5-9-20-33/h4-25,27-30,44H,26H2,1-3H3/b39-27+. The van der Waals surface area contributed by atoms with Gasteiger partial charge in [-0.25, -0.2) is 19.9 Å². The summed E-state index contributed by atoms with van der Waals surface area (Å²) in [6, 6.07) is 47.0. The van der Waals surface area contributed by atoms with Crippen molar-refractivity contribution < 1.29 is 0 Å². The van der Waals surface area contributed by atoms with E-state index in [1.807, 2.05) is 30.6 Å². The number of hydrogen-bond acceptors (Lipinski definition) is 8. The number of hydrogen-bond donors (Lipinski definition) is 0. The van der Waals surface area contributed by atoms with Gasteiger partial charge in [0.25, 0.3) is 0 Å². The van der Waals surface area contributed by atoms with Gasteiger partial charge >= 0.3 is 0 Å². The molecule has 5 heterocycles. The van der Waals surface area contributed by atoms with E-state index in [1.54, 1.807) is 0 Å². The van der Waals surface area contributed by atoms with Gasteiger partial charge in [0.1, 0.15) is 12.3 Å². The van der Waals surface area contributed by atoms with Crippen molar-refractivity contribution in [3.63, 3.8) is 0 Å². The van der Waals surface area contributed by atoms with E-state index in [-0.39, 0.29) is 23.2 Å². The average Bonchev–Trinajstić information content (AvgIpc) is 3.42. The zero-order valence-corrected chi connectivity index (χ0v) is 30.4. The molecule has 0 bridgehead atoms. The summed E-state index contributed by atoms with van der Waals surface area (Å²) in [5, 5.41) is 0. The van der Waals surface area contributed by atoms with Gasteiger partial charge in [-0.05, 0) is 73.0 Å². The van der Waals surface area contributed by atoms with Crippen LogP contribution in [0.5, 0.6) is 0 Å². The number of fused-ring (bicyclic) bond motifs is 10. The number of rotatable bonds is 5. The van der Waals surface area contributed by atoms with Crippen LogP contribution in [0.4, 0.5) is 46.0 Å². The highest BCUT2D eigenvalue weighted by Gasteiger charge is 2.77. The van der Waals surface area contributed by atoms with Crippen molar-refractivity contribution in [3.05, 3.63) is 169 Å². The van der Waals surface area contributed by atoms with Crippen molar-refractivity contribution >= 4 is 57.1 Å². The van der Waals surface area contributed by atoms with Gasteiger partial charge < -0.3 is 19.6 Å². The van der Waals surface area contributed by atoms with Crippen LogP contribution < -0.4 is 19.6 Å². The Bertz CT molecular complexity index is 2640. The van der Waals surface area contributed by atoms with E-state index in [0.717, 1.165) is 57.8 Å². The Balaban J connectivity index is 1.04. The summed E-state index contributed by atoms with van der Waals surface area (Å²) in [6.07, 6.45) is 6.81. The zero-order chi connectivity index (χ0) is 36.2. The first kappa shape index (κ1) is 31.0. The van der Waals surface area contributed by atoms with E-state index in [1.165, 1.54) is 22.4 Å². The highest BCUT2D eigenvalue weighted by Crippen LogP contribution is 2.78. The molecule has 1 fully saturated rings. The van der Waals surface area contributed by atoms with E-state index in [0.29, 0.717) is 0 Å². The summed E-state index contributed by atoms with van der Waals surface area (Å²) in [4.78, 5) is 29.9. The molecule has 54 heavy (non-hydrogen) atoms. The van der Waals surface area contributed by atoms with Gasteiger partial charge in [0.05, 0.1) is 11.0 Å². The van der Waals surface area contributed by atoms with Crippen LogP contribution in [0.25, 0.3) is 11.0 Å². The lowest BCUT2D eigenvalue weighted by atomic mass is 9.81. The molecular weight excluding hydrogens is 665 g/mol. The van der Waals surface area contributed by atoms with Gasteiger partial charge in [0.15, 0.2) is 23.3 Å². The molecule has 8 nitrogen and oxygen atoms in total. The largest absolute Gasteiger partial charge is 0.302 e. The van der Waals surface area contributed by atoms with Crippen LogP contribution in [0.15, 0.2) is 158 Å². The maximum Gasteiger partial charge on any atom is 0.179 e. The van der Waals surface area contributed by atoms with Crippen LogP contribution in [0.1, 0.15) is 31.9 Å². The second-order valence-corrected chi connectivity index (χ2v) is 15.0. The van der Waals surface area contributed by atoms with Gasteiger partial charge in [0, 0.05) is 46.0 Å². The second-order valence-electron chi connectivity index (χ2n) is 15.0. The first-order valence-corrected chi connectivity index (χ1v) is 18.7. The Labute approximate surface area is 314 Å². The molecular formula is C46H38N8. The summed E-state index contributed by atoms with van der Waals surface area (Å²) < 4.78 is 0. The lowest BCUT2D eigenvalue weighted by Crippen LogP contribution is -2.50. The minimum absolute atomic E-state index is 0.0350. The summed E-state index contributed by atoms with van der Waals surface area (Å²) in [7, 11) is 0. The van der Waals surface area contributed by atoms with Crippen LogP contribution in [-0.4, -0.2) is 32.3 Å². The molecule has 0 N–H and O–H groups in total. The maximum atomic E-state index is 5.27. The SMILES string of the molecule is CC1N(c2ccccc2)c2nc3ccccc3nc2N1c1ccccc1C/C=C1\C2(C)c3ccccc3N3c4nccnc4N(c4ccccc4)C3C12C. The fraction of sp³-hybridized carbons (Fsp3) is 0.174. The normalized spacial score (nSPS) is 23.9. The molecule has 8 heteroatoms. The first-order valence-electron chi connectivity index (χ1n) is 18.7. The van der Waals surface area contributed by atoms with Crippen LogP contribution in [0.3, 0.4) is 0 Å². The van der Waals surface area contributed by atoms with E-state index in [2.05, 4.69) is 162 Å². The molecule has 1 aliphatic carbocycles. The molecule has 4 unspecified atom stereocenters. The van der Waals surface area contributed by atoms with Gasteiger partial charge in [0.2, 0.25) is 0 Å². The Morgan fingerprint density at radius 2 is 1.09 bits per heavy atom. The first-order chi connectivity index (χ1) is 26.5. The number of para-hydroxylation sites is 6. The van der Waals surface area contributed by atoms with E-state index in [4.69, 9.17) is 19.9 Å². The summed E-state index contributed by atoms with van der Waals surface area (Å²) in [5.74, 6) is 3.53. The highest BCUT2D eigenvalue weighted by atomic mass is 15.5. The maximum absolute atomic E-state index is 5.27. The fourth-order valence-corrected chi connectivity index (χ4v) is 9.86. The molecule has 0 spiro atoms.